The van der Waals surface area contributed by atoms with Gasteiger partial charge in [0.25, 0.3) is 0 Å². The maximum absolute atomic E-state index is 8.77. The SMILES string of the molecule is OCc1nc2c([nH]1)CCCN2. The van der Waals surface area contributed by atoms with Gasteiger partial charge in [-0.25, -0.2) is 4.98 Å². The number of hydrogen-bond acceptors (Lipinski definition) is 3. The highest BCUT2D eigenvalue weighted by molar-refractivity contribution is 5.43. The minimum Gasteiger partial charge on any atom is -0.388 e. The van der Waals surface area contributed by atoms with Gasteiger partial charge in [-0.2, -0.15) is 0 Å². The van der Waals surface area contributed by atoms with E-state index in [0.717, 1.165) is 30.9 Å². The number of H-pyrrole nitrogens is 1. The summed E-state index contributed by atoms with van der Waals surface area (Å²) in [7, 11) is 0. The Kier molecular flexibility index (Phi) is 1.54. The third kappa shape index (κ3) is 1.09. The standard InChI is InChI=1S/C7H11N3O/c11-4-6-9-5-2-1-3-8-7(5)10-6/h8,11H,1-4H2,(H,9,10). The van der Waals surface area contributed by atoms with E-state index in [4.69, 9.17) is 5.11 Å². The van der Waals surface area contributed by atoms with Gasteiger partial charge < -0.3 is 15.4 Å². The number of hydrogen-bond donors (Lipinski definition) is 3. The summed E-state index contributed by atoms with van der Waals surface area (Å²) in [4.78, 5) is 7.21. The van der Waals surface area contributed by atoms with Crippen LogP contribution < -0.4 is 5.32 Å². The van der Waals surface area contributed by atoms with Crippen LogP contribution in [0.15, 0.2) is 0 Å². The number of imidazole rings is 1. The van der Waals surface area contributed by atoms with E-state index in [2.05, 4.69) is 15.3 Å². The fourth-order valence-electron chi connectivity index (χ4n) is 1.34. The zero-order valence-electron chi connectivity index (χ0n) is 6.22. The number of nitrogens with one attached hydrogen (secondary N) is 2. The number of aromatic nitrogens is 2. The van der Waals surface area contributed by atoms with E-state index in [1.807, 2.05) is 0 Å². The zero-order chi connectivity index (χ0) is 7.68. The molecule has 0 bridgehead atoms. The average molecular weight is 153 g/mol. The molecule has 0 saturated heterocycles. The van der Waals surface area contributed by atoms with Crippen molar-refractivity contribution in [2.24, 2.45) is 0 Å². The van der Waals surface area contributed by atoms with Gasteiger partial charge >= 0.3 is 0 Å². The Labute approximate surface area is 64.7 Å². The summed E-state index contributed by atoms with van der Waals surface area (Å²) in [5.74, 6) is 1.57. The molecule has 0 fully saturated rings. The van der Waals surface area contributed by atoms with E-state index in [0.29, 0.717) is 5.82 Å². The van der Waals surface area contributed by atoms with E-state index < -0.39 is 0 Å². The van der Waals surface area contributed by atoms with Gasteiger partial charge in [0.1, 0.15) is 18.2 Å². The first kappa shape index (κ1) is 6.67. The predicted octanol–water partition coefficient (Wildman–Crippen LogP) is 0.260. The van der Waals surface area contributed by atoms with Gasteiger partial charge in [0.2, 0.25) is 0 Å². The van der Waals surface area contributed by atoms with Crippen molar-refractivity contribution in [3.8, 4) is 0 Å². The first-order chi connectivity index (χ1) is 5.40. The highest BCUT2D eigenvalue weighted by Crippen LogP contribution is 2.18. The molecule has 1 aliphatic heterocycles. The second-order valence-electron chi connectivity index (χ2n) is 2.70. The monoisotopic (exact) mass is 153 g/mol. The number of aromatic amines is 1. The highest BCUT2D eigenvalue weighted by atomic mass is 16.3. The number of aliphatic hydroxyl groups excluding tert-OH is 1. The summed E-state index contributed by atoms with van der Waals surface area (Å²) in [5.41, 5.74) is 1.13. The minimum atomic E-state index is -0.00528. The normalized spacial score (nSPS) is 15.7. The van der Waals surface area contributed by atoms with Crippen LogP contribution in [0, 0.1) is 0 Å². The molecule has 60 valence electrons. The van der Waals surface area contributed by atoms with E-state index in [9.17, 15) is 0 Å². The largest absolute Gasteiger partial charge is 0.388 e. The van der Waals surface area contributed by atoms with E-state index in [-0.39, 0.29) is 6.61 Å². The van der Waals surface area contributed by atoms with Gasteiger partial charge in [0.15, 0.2) is 0 Å². The van der Waals surface area contributed by atoms with Gasteiger partial charge in [0.05, 0.1) is 5.69 Å². The summed E-state index contributed by atoms with van der Waals surface area (Å²) in [6.07, 6.45) is 2.18. The average Bonchev–Trinajstić information content (AvgIpc) is 2.46. The maximum Gasteiger partial charge on any atom is 0.147 e. The van der Waals surface area contributed by atoms with Crippen LogP contribution in [0.25, 0.3) is 0 Å². The summed E-state index contributed by atoms with van der Waals surface area (Å²) in [6.45, 7) is 0.984. The molecule has 0 saturated carbocycles. The van der Waals surface area contributed by atoms with Crippen molar-refractivity contribution in [3.63, 3.8) is 0 Å². The minimum absolute atomic E-state index is 0.00528. The molecule has 0 unspecified atom stereocenters. The Balaban J connectivity index is 2.32. The van der Waals surface area contributed by atoms with Crippen LogP contribution in [0.4, 0.5) is 5.82 Å². The molecule has 0 radical (unpaired) electrons. The first-order valence-corrected chi connectivity index (χ1v) is 3.82. The van der Waals surface area contributed by atoms with Crippen LogP contribution in [0.5, 0.6) is 0 Å². The quantitative estimate of drug-likeness (QED) is 0.542. The Hall–Kier alpha value is -1.03. The number of anilines is 1. The number of rotatable bonds is 1. The molecule has 0 spiro atoms. The maximum atomic E-state index is 8.77. The van der Waals surface area contributed by atoms with Crippen molar-refractivity contribution >= 4 is 5.82 Å². The lowest BCUT2D eigenvalue weighted by atomic mass is 10.2. The van der Waals surface area contributed by atoms with Crippen LogP contribution in [-0.2, 0) is 13.0 Å². The van der Waals surface area contributed by atoms with Crippen LogP contribution >= 0.6 is 0 Å². The molecule has 0 amide bonds. The van der Waals surface area contributed by atoms with Crippen molar-refractivity contribution in [1.82, 2.24) is 9.97 Å². The third-order valence-electron chi connectivity index (χ3n) is 1.87. The Morgan fingerprint density at radius 1 is 1.55 bits per heavy atom. The predicted molar refractivity (Wildman–Crippen MR) is 41.3 cm³/mol. The molecule has 4 heteroatoms. The fourth-order valence-corrected chi connectivity index (χ4v) is 1.34. The number of aliphatic hydroxyl groups is 1. The van der Waals surface area contributed by atoms with Crippen molar-refractivity contribution in [1.29, 1.82) is 0 Å². The van der Waals surface area contributed by atoms with Crippen LogP contribution in [0.3, 0.4) is 0 Å². The van der Waals surface area contributed by atoms with Crippen molar-refractivity contribution in [2.75, 3.05) is 11.9 Å². The second kappa shape index (κ2) is 2.54. The van der Waals surface area contributed by atoms with E-state index in [1.165, 1.54) is 0 Å². The zero-order valence-corrected chi connectivity index (χ0v) is 6.22. The molecule has 1 aromatic heterocycles. The van der Waals surface area contributed by atoms with Gasteiger partial charge in [0, 0.05) is 6.54 Å². The van der Waals surface area contributed by atoms with Crippen molar-refractivity contribution in [2.45, 2.75) is 19.4 Å². The molecule has 11 heavy (non-hydrogen) atoms. The molecule has 2 rings (SSSR count). The third-order valence-corrected chi connectivity index (χ3v) is 1.87. The highest BCUT2D eigenvalue weighted by Gasteiger charge is 2.12. The molecule has 0 aliphatic carbocycles. The molecule has 1 aliphatic rings. The van der Waals surface area contributed by atoms with Crippen LogP contribution in [0.2, 0.25) is 0 Å². The topological polar surface area (TPSA) is 60.9 Å². The van der Waals surface area contributed by atoms with E-state index >= 15 is 0 Å². The second-order valence-corrected chi connectivity index (χ2v) is 2.70. The summed E-state index contributed by atoms with van der Waals surface area (Å²) < 4.78 is 0. The molecule has 1 aromatic rings. The number of nitrogens with zero attached hydrogens (tertiary/aromatic N) is 1. The molecular weight excluding hydrogens is 142 g/mol. The first-order valence-electron chi connectivity index (χ1n) is 3.82. The van der Waals surface area contributed by atoms with E-state index in [1.54, 1.807) is 0 Å². The summed E-state index contributed by atoms with van der Waals surface area (Å²) in [5, 5.41) is 11.9. The molecule has 0 atom stereocenters. The lowest BCUT2D eigenvalue weighted by Gasteiger charge is -2.10. The smallest absolute Gasteiger partial charge is 0.147 e. The Morgan fingerprint density at radius 3 is 3.18 bits per heavy atom. The van der Waals surface area contributed by atoms with Crippen LogP contribution in [-0.4, -0.2) is 21.6 Å². The summed E-state index contributed by atoms with van der Waals surface area (Å²) >= 11 is 0. The fraction of sp³-hybridized carbons (Fsp3) is 0.571. The lowest BCUT2D eigenvalue weighted by Crippen LogP contribution is -2.10. The van der Waals surface area contributed by atoms with Crippen molar-refractivity contribution < 1.29 is 5.11 Å². The molecule has 0 aromatic carbocycles. The lowest BCUT2D eigenvalue weighted by molar-refractivity contribution is 0.272. The van der Waals surface area contributed by atoms with Crippen LogP contribution in [0.1, 0.15) is 17.9 Å². The van der Waals surface area contributed by atoms with Gasteiger partial charge in [-0.3, -0.25) is 0 Å². The van der Waals surface area contributed by atoms with Crippen molar-refractivity contribution in [3.05, 3.63) is 11.5 Å². The molecule has 4 nitrogen and oxygen atoms in total. The van der Waals surface area contributed by atoms with Gasteiger partial charge in [-0.05, 0) is 12.8 Å². The molecule has 2 heterocycles. The Bertz CT molecular complexity index is 233. The van der Waals surface area contributed by atoms with Gasteiger partial charge in [-0.15, -0.1) is 0 Å². The number of fused-ring (bicyclic) bond motifs is 1. The molecule has 3 N–H and O–H groups in total. The Morgan fingerprint density at radius 2 is 2.45 bits per heavy atom. The molecular formula is C7H11N3O. The summed E-state index contributed by atoms with van der Waals surface area (Å²) in [6, 6.07) is 0. The van der Waals surface area contributed by atoms with Gasteiger partial charge in [-0.1, -0.05) is 0 Å². The number of aryl methyl sites for hydroxylation is 1.